The Balaban J connectivity index is 2.53. The van der Waals surface area contributed by atoms with Gasteiger partial charge in [0, 0.05) is 10.5 Å². The van der Waals surface area contributed by atoms with E-state index in [9.17, 15) is 4.79 Å². The van der Waals surface area contributed by atoms with Gasteiger partial charge in [-0.05, 0) is 24.3 Å². The van der Waals surface area contributed by atoms with E-state index in [1.165, 1.54) is 17.9 Å². The number of carboxylic acids is 1. The van der Waals surface area contributed by atoms with Crippen molar-refractivity contribution in [3.05, 3.63) is 40.5 Å². The molecule has 0 amide bonds. The summed E-state index contributed by atoms with van der Waals surface area (Å²) in [6.45, 7) is 0. The Labute approximate surface area is 106 Å². The van der Waals surface area contributed by atoms with Crippen LogP contribution in [0.2, 0.25) is 0 Å². The van der Waals surface area contributed by atoms with E-state index in [4.69, 9.17) is 9.84 Å². The number of carboxylic acid groups (broad SMARTS) is 1. The second kappa shape index (κ2) is 4.58. The van der Waals surface area contributed by atoms with E-state index in [1.54, 1.807) is 12.1 Å². The third-order valence-corrected chi connectivity index (χ3v) is 2.72. The average molecular weight is 297 g/mol. The number of benzene rings is 1. The molecule has 2 rings (SSSR count). The first kappa shape index (κ1) is 11.7. The molecule has 0 radical (unpaired) electrons. The van der Waals surface area contributed by atoms with Crippen LogP contribution in [-0.2, 0) is 0 Å². The lowest BCUT2D eigenvalue weighted by molar-refractivity contribution is 0.0687. The zero-order chi connectivity index (χ0) is 12.4. The van der Waals surface area contributed by atoms with Gasteiger partial charge in [0.25, 0.3) is 0 Å². The van der Waals surface area contributed by atoms with Crippen molar-refractivity contribution in [2.24, 2.45) is 0 Å². The number of carbonyl (C=O) groups is 1. The van der Waals surface area contributed by atoms with Gasteiger partial charge in [-0.3, -0.25) is 0 Å². The highest BCUT2D eigenvalue weighted by Crippen LogP contribution is 2.19. The molecule has 1 heterocycles. The van der Waals surface area contributed by atoms with Gasteiger partial charge in [0.15, 0.2) is 5.69 Å². The van der Waals surface area contributed by atoms with E-state index in [0.29, 0.717) is 5.69 Å². The predicted octanol–water partition coefficient (Wildman–Crippen LogP) is 2.34. The van der Waals surface area contributed by atoms with Crippen LogP contribution in [-0.4, -0.2) is 28.0 Å². The summed E-state index contributed by atoms with van der Waals surface area (Å²) in [7, 11) is 1.44. The molecule has 0 unspecified atom stereocenters. The van der Waals surface area contributed by atoms with Crippen LogP contribution in [0.3, 0.4) is 0 Å². The monoisotopic (exact) mass is 296 g/mol. The van der Waals surface area contributed by atoms with E-state index in [-0.39, 0.29) is 11.6 Å². The van der Waals surface area contributed by atoms with Crippen molar-refractivity contribution in [1.29, 1.82) is 0 Å². The molecule has 6 heteroatoms. The summed E-state index contributed by atoms with van der Waals surface area (Å²) >= 11 is 3.31. The smallest absolute Gasteiger partial charge is 0.354 e. The summed E-state index contributed by atoms with van der Waals surface area (Å²) in [6.07, 6.45) is 0. The Morgan fingerprint density at radius 2 is 2.06 bits per heavy atom. The van der Waals surface area contributed by atoms with Crippen molar-refractivity contribution in [2.75, 3.05) is 7.11 Å². The van der Waals surface area contributed by atoms with Crippen molar-refractivity contribution >= 4 is 21.9 Å². The topological polar surface area (TPSA) is 64.3 Å². The van der Waals surface area contributed by atoms with Crippen molar-refractivity contribution in [1.82, 2.24) is 9.78 Å². The van der Waals surface area contributed by atoms with E-state index >= 15 is 0 Å². The number of nitrogens with zero attached hydrogens (tertiary/aromatic N) is 2. The van der Waals surface area contributed by atoms with Crippen LogP contribution in [0.25, 0.3) is 5.69 Å². The minimum Gasteiger partial charge on any atom is -0.480 e. The summed E-state index contributed by atoms with van der Waals surface area (Å²) in [4.78, 5) is 11.1. The third-order valence-electron chi connectivity index (χ3n) is 2.19. The molecule has 0 aliphatic rings. The molecule has 0 atom stereocenters. The lowest BCUT2D eigenvalue weighted by Gasteiger charge is -2.03. The minimum atomic E-state index is -1.05. The van der Waals surface area contributed by atoms with Gasteiger partial charge in [-0.15, -0.1) is 5.10 Å². The number of ether oxygens (including phenoxy) is 1. The largest absolute Gasteiger partial charge is 0.480 e. The molecule has 2 aromatic rings. The van der Waals surface area contributed by atoms with Crippen LogP contribution in [0.4, 0.5) is 0 Å². The normalized spacial score (nSPS) is 10.2. The molecule has 0 aliphatic heterocycles. The molecule has 0 fully saturated rings. The summed E-state index contributed by atoms with van der Waals surface area (Å²) in [5.74, 6) is -0.783. The molecular weight excluding hydrogens is 288 g/mol. The number of methoxy groups -OCH3 is 1. The number of halogens is 1. The molecular formula is C11H9BrN2O3. The van der Waals surface area contributed by atoms with Gasteiger partial charge in [0.1, 0.15) is 0 Å². The molecule has 5 nitrogen and oxygen atoms in total. The van der Waals surface area contributed by atoms with Crippen molar-refractivity contribution in [3.8, 4) is 11.6 Å². The molecule has 0 aliphatic carbocycles. The minimum absolute atomic E-state index is 0.0594. The Kier molecular flexibility index (Phi) is 3.14. The van der Waals surface area contributed by atoms with Crippen LogP contribution in [0, 0.1) is 0 Å². The maximum Gasteiger partial charge on any atom is 0.354 e. The average Bonchev–Trinajstić information content (AvgIpc) is 2.74. The highest BCUT2D eigenvalue weighted by molar-refractivity contribution is 9.10. The standard InChI is InChI=1S/C11H9BrN2O3/c1-17-10-6-9(11(15)16)14(13-10)8-4-2-7(12)3-5-8/h2-6H,1H3,(H,15,16). The van der Waals surface area contributed by atoms with Crippen LogP contribution in [0.1, 0.15) is 10.5 Å². The van der Waals surface area contributed by atoms with Gasteiger partial charge in [-0.2, -0.15) is 0 Å². The maximum atomic E-state index is 11.1. The van der Waals surface area contributed by atoms with Crippen molar-refractivity contribution < 1.29 is 14.6 Å². The number of aromatic nitrogens is 2. The van der Waals surface area contributed by atoms with E-state index in [1.807, 2.05) is 12.1 Å². The number of hydrogen-bond donors (Lipinski definition) is 1. The first-order valence-corrected chi connectivity index (χ1v) is 5.54. The highest BCUT2D eigenvalue weighted by Gasteiger charge is 2.15. The lowest BCUT2D eigenvalue weighted by atomic mass is 10.3. The van der Waals surface area contributed by atoms with Crippen molar-refractivity contribution in [3.63, 3.8) is 0 Å². The summed E-state index contributed by atoms with van der Waals surface area (Å²) < 4.78 is 7.17. The molecule has 1 aromatic carbocycles. The van der Waals surface area contributed by atoms with Crippen LogP contribution in [0.15, 0.2) is 34.8 Å². The van der Waals surface area contributed by atoms with Crippen LogP contribution >= 0.6 is 15.9 Å². The Morgan fingerprint density at radius 1 is 1.41 bits per heavy atom. The van der Waals surface area contributed by atoms with Crippen LogP contribution < -0.4 is 4.74 Å². The first-order valence-electron chi connectivity index (χ1n) is 4.75. The van der Waals surface area contributed by atoms with Gasteiger partial charge in [0.2, 0.25) is 5.88 Å². The van der Waals surface area contributed by atoms with Gasteiger partial charge >= 0.3 is 5.97 Å². The number of aromatic carboxylic acids is 1. The van der Waals surface area contributed by atoms with Crippen molar-refractivity contribution in [2.45, 2.75) is 0 Å². The Bertz CT molecular complexity index is 548. The fraction of sp³-hybridized carbons (Fsp3) is 0.0909. The molecule has 1 aromatic heterocycles. The van der Waals surface area contributed by atoms with E-state index in [0.717, 1.165) is 4.47 Å². The maximum absolute atomic E-state index is 11.1. The highest BCUT2D eigenvalue weighted by atomic mass is 79.9. The Hall–Kier alpha value is -1.82. The molecule has 88 valence electrons. The van der Waals surface area contributed by atoms with E-state index < -0.39 is 5.97 Å². The zero-order valence-corrected chi connectivity index (χ0v) is 10.5. The molecule has 0 saturated heterocycles. The molecule has 0 saturated carbocycles. The van der Waals surface area contributed by atoms with Crippen LogP contribution in [0.5, 0.6) is 5.88 Å². The predicted molar refractivity (Wildman–Crippen MR) is 64.8 cm³/mol. The SMILES string of the molecule is COc1cc(C(=O)O)n(-c2ccc(Br)cc2)n1. The first-order chi connectivity index (χ1) is 8.11. The molecule has 1 N–H and O–H groups in total. The quantitative estimate of drug-likeness (QED) is 0.944. The third kappa shape index (κ3) is 2.31. The Morgan fingerprint density at radius 3 is 2.59 bits per heavy atom. The fourth-order valence-corrected chi connectivity index (χ4v) is 1.65. The molecule has 17 heavy (non-hydrogen) atoms. The molecule has 0 spiro atoms. The summed E-state index contributed by atoms with van der Waals surface area (Å²) in [6, 6.07) is 8.54. The fourth-order valence-electron chi connectivity index (χ4n) is 1.39. The second-order valence-electron chi connectivity index (χ2n) is 3.27. The van der Waals surface area contributed by atoms with Gasteiger partial charge in [-0.25, -0.2) is 9.48 Å². The second-order valence-corrected chi connectivity index (χ2v) is 4.18. The molecule has 0 bridgehead atoms. The van der Waals surface area contributed by atoms with Gasteiger partial charge in [-0.1, -0.05) is 15.9 Å². The lowest BCUT2D eigenvalue weighted by Crippen LogP contribution is -2.07. The number of rotatable bonds is 3. The summed E-state index contributed by atoms with van der Waals surface area (Å²) in [5, 5.41) is 13.1. The van der Waals surface area contributed by atoms with E-state index in [2.05, 4.69) is 21.0 Å². The number of hydrogen-bond acceptors (Lipinski definition) is 3. The van der Waals surface area contributed by atoms with Gasteiger partial charge < -0.3 is 9.84 Å². The zero-order valence-electron chi connectivity index (χ0n) is 8.92. The van der Waals surface area contributed by atoms with Gasteiger partial charge in [0.05, 0.1) is 12.8 Å². The summed E-state index contributed by atoms with van der Waals surface area (Å²) in [5.41, 5.74) is 0.720.